The molecule has 92 valence electrons. The largest absolute Gasteiger partial charge is 0.358 e. The summed E-state index contributed by atoms with van der Waals surface area (Å²) in [4.78, 5) is 13.8. The zero-order chi connectivity index (χ0) is 13.3. The molecule has 0 amide bonds. The lowest BCUT2D eigenvalue weighted by Gasteiger charge is -2.04. The number of nitrogens with zero attached hydrogens (tertiary/aromatic N) is 2. The zero-order valence-electron chi connectivity index (χ0n) is 10.2. The van der Waals surface area contributed by atoms with Crippen LogP contribution >= 0.6 is 0 Å². The molecule has 18 heavy (non-hydrogen) atoms. The summed E-state index contributed by atoms with van der Waals surface area (Å²) in [6.45, 7) is 3.99. The predicted octanol–water partition coefficient (Wildman–Crippen LogP) is 3.27. The van der Waals surface area contributed by atoms with Crippen LogP contribution in [0.25, 0.3) is 10.9 Å². The summed E-state index contributed by atoms with van der Waals surface area (Å²) in [5.74, 6) is 0.195. The number of nitriles is 1. The smallest absolute Gasteiger partial charge is 0.279 e. The van der Waals surface area contributed by atoms with Gasteiger partial charge in [-0.2, -0.15) is 5.26 Å². The number of non-ortho nitro benzene ring substituents is 1. The van der Waals surface area contributed by atoms with Crippen molar-refractivity contribution in [2.75, 3.05) is 0 Å². The standard InChI is InChI=1S/C13H13N3O2/c1-8(2)13-9(6-7-14)12-10(15-13)4-3-5-11(12)16(17)18/h3-5,8,15H,6H2,1-2H3. The molecule has 0 unspecified atom stereocenters. The molecule has 0 spiro atoms. The minimum atomic E-state index is -0.402. The Morgan fingerprint density at radius 2 is 2.22 bits per heavy atom. The molecule has 2 aromatic rings. The van der Waals surface area contributed by atoms with Gasteiger partial charge in [0.15, 0.2) is 0 Å². The molecule has 1 heterocycles. The number of fused-ring (bicyclic) bond motifs is 1. The molecule has 0 saturated heterocycles. The normalized spacial score (nSPS) is 10.8. The van der Waals surface area contributed by atoms with Gasteiger partial charge in [-0.1, -0.05) is 19.9 Å². The number of benzene rings is 1. The van der Waals surface area contributed by atoms with Crippen molar-refractivity contribution in [1.29, 1.82) is 5.26 Å². The Bertz CT molecular complexity index is 650. The van der Waals surface area contributed by atoms with Crippen LogP contribution in [0.2, 0.25) is 0 Å². The monoisotopic (exact) mass is 243 g/mol. The van der Waals surface area contributed by atoms with Gasteiger partial charge in [0.1, 0.15) is 0 Å². The van der Waals surface area contributed by atoms with Crippen LogP contribution in [0.4, 0.5) is 5.69 Å². The second-order valence-electron chi connectivity index (χ2n) is 4.46. The van der Waals surface area contributed by atoms with Crippen molar-refractivity contribution in [3.63, 3.8) is 0 Å². The average Bonchev–Trinajstić information content (AvgIpc) is 2.68. The summed E-state index contributed by atoms with van der Waals surface area (Å²) in [5.41, 5.74) is 2.43. The minimum absolute atomic E-state index is 0.0564. The molecular formula is C13H13N3O2. The molecule has 5 heteroatoms. The molecule has 0 fully saturated rings. The maximum atomic E-state index is 11.1. The lowest BCUT2D eigenvalue weighted by molar-refractivity contribution is -0.383. The van der Waals surface area contributed by atoms with Crippen molar-refractivity contribution >= 4 is 16.6 Å². The number of aromatic nitrogens is 1. The van der Waals surface area contributed by atoms with Gasteiger partial charge in [-0.3, -0.25) is 10.1 Å². The van der Waals surface area contributed by atoms with E-state index in [2.05, 4.69) is 11.1 Å². The van der Waals surface area contributed by atoms with Gasteiger partial charge in [-0.15, -0.1) is 0 Å². The summed E-state index contributed by atoms with van der Waals surface area (Å²) in [5, 5.41) is 20.5. The lowest BCUT2D eigenvalue weighted by atomic mass is 10.0. The number of nitro benzene ring substituents is 1. The van der Waals surface area contributed by atoms with Gasteiger partial charge in [0, 0.05) is 17.3 Å². The van der Waals surface area contributed by atoms with Gasteiger partial charge < -0.3 is 4.98 Å². The van der Waals surface area contributed by atoms with E-state index in [0.717, 1.165) is 16.8 Å². The van der Waals surface area contributed by atoms with E-state index in [4.69, 9.17) is 5.26 Å². The molecule has 0 aliphatic carbocycles. The van der Waals surface area contributed by atoms with Crippen molar-refractivity contribution in [1.82, 2.24) is 4.98 Å². The number of rotatable bonds is 3. The highest BCUT2D eigenvalue weighted by Gasteiger charge is 2.21. The Morgan fingerprint density at radius 3 is 2.78 bits per heavy atom. The maximum Gasteiger partial charge on any atom is 0.279 e. The summed E-state index contributed by atoms with van der Waals surface area (Å²) in [6.07, 6.45) is 0.179. The van der Waals surface area contributed by atoms with Crippen molar-refractivity contribution in [2.45, 2.75) is 26.2 Å². The van der Waals surface area contributed by atoms with Gasteiger partial charge in [0.2, 0.25) is 0 Å². The molecule has 2 rings (SSSR count). The van der Waals surface area contributed by atoms with Crippen LogP contribution in [-0.2, 0) is 6.42 Å². The van der Waals surface area contributed by atoms with Crippen LogP contribution in [-0.4, -0.2) is 9.91 Å². The molecule has 0 radical (unpaired) electrons. The van der Waals surface area contributed by atoms with Crippen LogP contribution in [0, 0.1) is 21.4 Å². The van der Waals surface area contributed by atoms with E-state index in [1.165, 1.54) is 6.07 Å². The van der Waals surface area contributed by atoms with E-state index >= 15 is 0 Å². The van der Waals surface area contributed by atoms with Crippen molar-refractivity contribution in [3.05, 3.63) is 39.6 Å². The first-order chi connectivity index (χ1) is 8.56. The Balaban J connectivity index is 2.84. The van der Waals surface area contributed by atoms with E-state index in [1.807, 2.05) is 13.8 Å². The van der Waals surface area contributed by atoms with Gasteiger partial charge in [0.05, 0.1) is 28.3 Å². The third-order valence-corrected chi connectivity index (χ3v) is 2.97. The summed E-state index contributed by atoms with van der Waals surface area (Å²) in [7, 11) is 0. The number of H-pyrrole nitrogens is 1. The van der Waals surface area contributed by atoms with E-state index in [1.54, 1.807) is 12.1 Å². The number of hydrogen-bond donors (Lipinski definition) is 1. The van der Waals surface area contributed by atoms with Crippen LogP contribution in [0.1, 0.15) is 31.0 Å². The van der Waals surface area contributed by atoms with Crippen molar-refractivity contribution in [3.8, 4) is 6.07 Å². The van der Waals surface area contributed by atoms with Crippen molar-refractivity contribution in [2.24, 2.45) is 0 Å². The highest BCUT2D eigenvalue weighted by Crippen LogP contribution is 2.34. The molecule has 5 nitrogen and oxygen atoms in total. The van der Waals surface area contributed by atoms with Crippen molar-refractivity contribution < 1.29 is 4.92 Å². The highest BCUT2D eigenvalue weighted by atomic mass is 16.6. The predicted molar refractivity (Wildman–Crippen MR) is 68.4 cm³/mol. The topological polar surface area (TPSA) is 82.7 Å². The molecule has 0 bridgehead atoms. The minimum Gasteiger partial charge on any atom is -0.358 e. The quantitative estimate of drug-likeness (QED) is 0.663. The molecule has 0 atom stereocenters. The van der Waals surface area contributed by atoms with Gasteiger partial charge in [-0.25, -0.2) is 0 Å². The molecule has 0 saturated carbocycles. The number of aromatic amines is 1. The van der Waals surface area contributed by atoms with E-state index in [9.17, 15) is 10.1 Å². The van der Waals surface area contributed by atoms with E-state index in [0.29, 0.717) is 5.39 Å². The Kier molecular flexibility index (Phi) is 3.02. The van der Waals surface area contributed by atoms with E-state index in [-0.39, 0.29) is 18.0 Å². The number of nitro groups is 1. The lowest BCUT2D eigenvalue weighted by Crippen LogP contribution is -1.94. The van der Waals surface area contributed by atoms with Gasteiger partial charge >= 0.3 is 0 Å². The Morgan fingerprint density at radius 1 is 1.50 bits per heavy atom. The highest BCUT2D eigenvalue weighted by molar-refractivity contribution is 5.93. The first kappa shape index (κ1) is 12.1. The van der Waals surface area contributed by atoms with Crippen LogP contribution in [0.3, 0.4) is 0 Å². The average molecular weight is 243 g/mol. The molecule has 1 N–H and O–H groups in total. The number of nitrogens with one attached hydrogen (secondary N) is 1. The first-order valence-corrected chi connectivity index (χ1v) is 5.71. The Labute approximate surface area is 104 Å². The van der Waals surface area contributed by atoms with Crippen LogP contribution < -0.4 is 0 Å². The maximum absolute atomic E-state index is 11.1. The number of hydrogen-bond acceptors (Lipinski definition) is 3. The fourth-order valence-corrected chi connectivity index (χ4v) is 2.22. The molecular weight excluding hydrogens is 230 g/mol. The van der Waals surface area contributed by atoms with E-state index < -0.39 is 4.92 Å². The SMILES string of the molecule is CC(C)c1[nH]c2cccc([N+](=O)[O-])c2c1CC#N. The van der Waals surface area contributed by atoms with Gasteiger partial charge in [0.25, 0.3) is 5.69 Å². The molecule has 0 aliphatic rings. The first-order valence-electron chi connectivity index (χ1n) is 5.71. The molecule has 1 aromatic heterocycles. The fourth-order valence-electron chi connectivity index (χ4n) is 2.22. The summed E-state index contributed by atoms with van der Waals surface area (Å²) < 4.78 is 0. The molecule has 1 aromatic carbocycles. The van der Waals surface area contributed by atoms with Crippen LogP contribution in [0.5, 0.6) is 0 Å². The Hall–Kier alpha value is -2.35. The second kappa shape index (κ2) is 4.49. The fraction of sp³-hybridized carbons (Fsp3) is 0.308. The zero-order valence-corrected chi connectivity index (χ0v) is 10.2. The third-order valence-electron chi connectivity index (χ3n) is 2.97. The summed E-state index contributed by atoms with van der Waals surface area (Å²) in [6, 6.07) is 7.01. The molecule has 0 aliphatic heterocycles. The van der Waals surface area contributed by atoms with Crippen LogP contribution in [0.15, 0.2) is 18.2 Å². The third kappa shape index (κ3) is 1.82. The second-order valence-corrected chi connectivity index (χ2v) is 4.46. The van der Waals surface area contributed by atoms with Gasteiger partial charge in [-0.05, 0) is 12.0 Å². The summed E-state index contributed by atoms with van der Waals surface area (Å²) >= 11 is 0.